The van der Waals surface area contributed by atoms with Gasteiger partial charge in [-0.25, -0.2) is 4.98 Å². The normalized spacial score (nSPS) is 15.1. The van der Waals surface area contributed by atoms with Gasteiger partial charge in [-0.3, -0.25) is 14.5 Å². The summed E-state index contributed by atoms with van der Waals surface area (Å²) in [5.41, 5.74) is 2.87. The topological polar surface area (TPSA) is 103 Å². The Morgan fingerprint density at radius 1 is 1.12 bits per heavy atom. The molecule has 32 heavy (non-hydrogen) atoms. The van der Waals surface area contributed by atoms with E-state index in [0.29, 0.717) is 27.1 Å². The van der Waals surface area contributed by atoms with Crippen LogP contribution in [0.2, 0.25) is 0 Å². The van der Waals surface area contributed by atoms with Crippen molar-refractivity contribution in [3.8, 4) is 6.07 Å². The zero-order valence-corrected chi connectivity index (χ0v) is 18.1. The van der Waals surface area contributed by atoms with Gasteiger partial charge in [0, 0.05) is 6.08 Å². The van der Waals surface area contributed by atoms with E-state index in [1.54, 1.807) is 42.5 Å². The quantitative estimate of drug-likeness (QED) is 0.399. The summed E-state index contributed by atoms with van der Waals surface area (Å²) in [7, 11) is 0. The van der Waals surface area contributed by atoms with Crippen LogP contribution in [0.15, 0.2) is 80.2 Å². The van der Waals surface area contributed by atoms with Crippen molar-refractivity contribution < 1.29 is 14.0 Å². The molecular formula is C23H14N4O3S2. The average Bonchev–Trinajstić information content (AvgIpc) is 3.48. The first-order valence-corrected chi connectivity index (χ1v) is 11.2. The number of carbonyl (C=O) groups excluding carboxylic acids is 2. The number of nitrogens with zero attached hydrogens (tertiary/aromatic N) is 3. The van der Waals surface area contributed by atoms with E-state index < -0.39 is 5.91 Å². The van der Waals surface area contributed by atoms with Crippen LogP contribution in [0, 0.1) is 11.3 Å². The molecule has 2 aromatic carbocycles. The first-order valence-electron chi connectivity index (χ1n) is 9.56. The van der Waals surface area contributed by atoms with Crippen molar-refractivity contribution in [2.24, 2.45) is 0 Å². The number of furan rings is 1. The number of rotatable bonds is 5. The number of carbonyl (C=O) groups is 2. The minimum atomic E-state index is -0.407. The van der Waals surface area contributed by atoms with Crippen LogP contribution in [0.1, 0.15) is 16.9 Å². The van der Waals surface area contributed by atoms with Gasteiger partial charge in [-0.05, 0) is 59.4 Å². The number of thioether (sulfide) groups is 1. The van der Waals surface area contributed by atoms with Crippen LogP contribution in [-0.2, 0) is 11.3 Å². The molecule has 0 bridgehead atoms. The first kappa shape index (κ1) is 20.2. The molecule has 1 fully saturated rings. The molecule has 7 nitrogen and oxygen atoms in total. The molecule has 0 saturated carbocycles. The maximum atomic E-state index is 12.8. The van der Waals surface area contributed by atoms with Gasteiger partial charge in [-0.2, -0.15) is 5.26 Å². The van der Waals surface area contributed by atoms with Gasteiger partial charge in [0.05, 0.1) is 34.1 Å². The third-order valence-electron chi connectivity index (χ3n) is 4.78. The van der Waals surface area contributed by atoms with Gasteiger partial charge in [0.15, 0.2) is 10.2 Å². The number of aromatic amines is 1. The summed E-state index contributed by atoms with van der Waals surface area (Å²) < 4.78 is 5.81. The zero-order valence-electron chi connectivity index (χ0n) is 16.4. The number of H-pyrrole nitrogens is 1. The summed E-state index contributed by atoms with van der Waals surface area (Å²) in [6.07, 6.45) is 1.56. The summed E-state index contributed by atoms with van der Waals surface area (Å²) in [6, 6.07) is 20.3. The Bertz CT molecular complexity index is 1400. The van der Waals surface area contributed by atoms with E-state index >= 15 is 0 Å². The van der Waals surface area contributed by atoms with Gasteiger partial charge in [0.25, 0.3) is 11.1 Å². The van der Waals surface area contributed by atoms with E-state index in [2.05, 4.69) is 16.0 Å². The van der Waals surface area contributed by atoms with Crippen LogP contribution < -0.4 is 0 Å². The highest BCUT2D eigenvalue weighted by Gasteiger charge is 2.35. The van der Waals surface area contributed by atoms with Crippen LogP contribution in [0.25, 0.3) is 17.1 Å². The second-order valence-electron chi connectivity index (χ2n) is 6.85. The van der Waals surface area contributed by atoms with Crippen LogP contribution >= 0.6 is 23.5 Å². The maximum absolute atomic E-state index is 12.8. The fraction of sp³-hybridized carbons (Fsp3) is 0.0435. The standard InChI is InChI=1S/C23H14N4O3S2/c24-12-14-5-1-2-6-15(14)13-27-21(28)19(31-23(27)29)11-16-9-10-20(30-16)32-22-25-17-7-3-4-8-18(17)26-22/h1-11H,13H2,(H,25,26)/b19-11-. The highest BCUT2D eigenvalue weighted by molar-refractivity contribution is 8.18. The molecule has 0 unspecified atom stereocenters. The third-order valence-corrected chi connectivity index (χ3v) is 6.49. The Hall–Kier alpha value is -3.74. The number of hydrogen-bond acceptors (Lipinski definition) is 7. The van der Waals surface area contributed by atoms with Crippen LogP contribution in [0.3, 0.4) is 0 Å². The van der Waals surface area contributed by atoms with Gasteiger partial charge < -0.3 is 9.40 Å². The smallest absolute Gasteiger partial charge is 0.293 e. The van der Waals surface area contributed by atoms with Gasteiger partial charge in [-0.15, -0.1) is 0 Å². The summed E-state index contributed by atoms with van der Waals surface area (Å²) in [5.74, 6) is 0.0576. The molecule has 1 aliphatic heterocycles. The molecule has 3 heterocycles. The number of benzene rings is 2. The molecule has 4 aromatic rings. The second kappa shape index (κ2) is 8.42. The van der Waals surface area contributed by atoms with Crippen molar-refractivity contribution >= 4 is 51.8 Å². The third kappa shape index (κ3) is 3.93. The van der Waals surface area contributed by atoms with E-state index in [1.165, 1.54) is 11.8 Å². The van der Waals surface area contributed by atoms with Crippen LogP contribution in [0.5, 0.6) is 0 Å². The molecule has 5 rings (SSSR count). The SMILES string of the molecule is N#Cc1ccccc1CN1C(=O)S/C(=C\c2ccc(Sc3nc4ccccc4[nH]3)o2)C1=O. The number of para-hydroxylation sites is 2. The van der Waals surface area contributed by atoms with E-state index in [4.69, 9.17) is 4.42 Å². The van der Waals surface area contributed by atoms with Crippen molar-refractivity contribution in [2.45, 2.75) is 16.8 Å². The highest BCUT2D eigenvalue weighted by Crippen LogP contribution is 2.35. The summed E-state index contributed by atoms with van der Waals surface area (Å²) in [5, 5.41) is 10.2. The number of nitriles is 1. The number of imidazole rings is 1. The molecule has 156 valence electrons. The molecule has 0 radical (unpaired) electrons. The zero-order chi connectivity index (χ0) is 22.1. The van der Waals surface area contributed by atoms with Crippen molar-refractivity contribution in [3.05, 3.63) is 82.5 Å². The molecule has 0 spiro atoms. The van der Waals surface area contributed by atoms with Crippen molar-refractivity contribution in [1.29, 1.82) is 5.26 Å². The molecule has 0 aliphatic carbocycles. The molecule has 9 heteroatoms. The molecular weight excluding hydrogens is 444 g/mol. The Kier molecular flexibility index (Phi) is 5.31. The van der Waals surface area contributed by atoms with Crippen LogP contribution in [0.4, 0.5) is 4.79 Å². The molecule has 0 atom stereocenters. The number of hydrogen-bond donors (Lipinski definition) is 1. The lowest BCUT2D eigenvalue weighted by atomic mass is 10.1. The molecule has 1 N–H and O–H groups in total. The number of nitrogens with one attached hydrogen (secondary N) is 1. The lowest BCUT2D eigenvalue weighted by molar-refractivity contribution is -0.123. The predicted octanol–water partition coefficient (Wildman–Crippen LogP) is 5.42. The predicted molar refractivity (Wildman–Crippen MR) is 122 cm³/mol. The van der Waals surface area contributed by atoms with E-state index in [9.17, 15) is 14.9 Å². The lowest BCUT2D eigenvalue weighted by Crippen LogP contribution is -2.27. The molecule has 1 aliphatic rings. The summed E-state index contributed by atoms with van der Waals surface area (Å²) in [6.45, 7) is 0.0526. The number of amides is 2. The second-order valence-corrected chi connectivity index (χ2v) is 8.84. The highest BCUT2D eigenvalue weighted by atomic mass is 32.2. The fourth-order valence-corrected chi connectivity index (χ4v) is 4.83. The van der Waals surface area contributed by atoms with Gasteiger partial charge in [0.1, 0.15) is 5.76 Å². The van der Waals surface area contributed by atoms with Crippen molar-refractivity contribution in [1.82, 2.24) is 14.9 Å². The fourth-order valence-electron chi connectivity index (χ4n) is 3.24. The monoisotopic (exact) mass is 458 g/mol. The molecule has 1 saturated heterocycles. The van der Waals surface area contributed by atoms with E-state index in [-0.39, 0.29) is 16.7 Å². The Morgan fingerprint density at radius 3 is 2.78 bits per heavy atom. The molecule has 2 aromatic heterocycles. The Labute approximate surface area is 191 Å². The maximum Gasteiger partial charge on any atom is 0.293 e. The van der Waals surface area contributed by atoms with Gasteiger partial charge in [-0.1, -0.05) is 30.3 Å². The average molecular weight is 459 g/mol. The van der Waals surface area contributed by atoms with Crippen molar-refractivity contribution in [2.75, 3.05) is 0 Å². The van der Waals surface area contributed by atoms with Gasteiger partial charge >= 0.3 is 0 Å². The number of fused-ring (bicyclic) bond motifs is 1. The summed E-state index contributed by atoms with van der Waals surface area (Å²) >= 11 is 2.19. The summed E-state index contributed by atoms with van der Waals surface area (Å²) in [4.78, 5) is 34.4. The van der Waals surface area contributed by atoms with E-state index in [1.807, 2.05) is 24.3 Å². The largest absolute Gasteiger partial charge is 0.450 e. The lowest BCUT2D eigenvalue weighted by Gasteiger charge is -2.13. The van der Waals surface area contributed by atoms with E-state index in [0.717, 1.165) is 27.7 Å². The minimum absolute atomic E-state index is 0.0526. The minimum Gasteiger partial charge on any atom is -0.450 e. The number of aromatic nitrogens is 2. The first-order chi connectivity index (χ1) is 15.6. The number of imide groups is 1. The Balaban J connectivity index is 1.32. The van der Waals surface area contributed by atoms with Gasteiger partial charge in [0.2, 0.25) is 0 Å². The Morgan fingerprint density at radius 2 is 1.94 bits per heavy atom. The van der Waals surface area contributed by atoms with Crippen LogP contribution in [-0.4, -0.2) is 26.0 Å². The van der Waals surface area contributed by atoms with Crippen molar-refractivity contribution in [3.63, 3.8) is 0 Å². The molecule has 2 amide bonds.